The van der Waals surface area contributed by atoms with E-state index >= 15 is 4.39 Å². The molecule has 0 radical (unpaired) electrons. The Morgan fingerprint density at radius 2 is 2.19 bits per heavy atom. The number of carbonyl (C=O) groups excluding carboxylic acids is 1. The number of anilines is 1. The highest BCUT2D eigenvalue weighted by Crippen LogP contribution is 2.37. The van der Waals surface area contributed by atoms with Gasteiger partial charge in [0.1, 0.15) is 17.7 Å². The molecule has 4 rings (SSSR count). The maximum atomic E-state index is 15.3. The van der Waals surface area contributed by atoms with E-state index in [0.717, 1.165) is 0 Å². The predicted octanol–water partition coefficient (Wildman–Crippen LogP) is 3.97. The van der Waals surface area contributed by atoms with Crippen LogP contribution in [0, 0.1) is 11.7 Å². The highest BCUT2D eigenvalue weighted by atomic mass is 35.5. The molecule has 2 N–H and O–H groups in total. The minimum Gasteiger partial charge on any atom is -0.510 e. The fourth-order valence-electron chi connectivity index (χ4n) is 2.87. The molecule has 0 fully saturated rings. The van der Waals surface area contributed by atoms with Crippen LogP contribution in [0.3, 0.4) is 0 Å². The number of fused-ring (bicyclic) bond motifs is 1. The zero-order valence-corrected chi connectivity index (χ0v) is 14.0. The molecule has 1 atom stereocenters. The lowest BCUT2D eigenvalue weighted by Crippen LogP contribution is -2.19. The van der Waals surface area contributed by atoms with Crippen LogP contribution in [0.25, 0.3) is 22.2 Å². The Labute approximate surface area is 152 Å². The van der Waals surface area contributed by atoms with Crippen molar-refractivity contribution in [3.8, 4) is 11.1 Å². The molecule has 8 heteroatoms. The fraction of sp³-hybridized carbons (Fsp3) is 0.0556. The average Bonchev–Trinajstić information content (AvgIpc) is 3.11. The Bertz CT molecular complexity index is 1080. The number of nitrogens with zero attached hydrogens (tertiary/aromatic N) is 3. The number of H-pyrrole nitrogens is 1. The number of allylic oxidation sites excluding steroid dienone is 1. The number of carbonyl (C=O) groups is 1. The van der Waals surface area contributed by atoms with Crippen molar-refractivity contribution < 1.29 is 14.3 Å². The molecule has 0 amide bonds. The van der Waals surface area contributed by atoms with Gasteiger partial charge in [-0.2, -0.15) is 0 Å². The summed E-state index contributed by atoms with van der Waals surface area (Å²) >= 11 is 6.28. The molecule has 0 saturated carbocycles. The number of hydrogen-bond acceptors (Lipinski definition) is 5. The van der Waals surface area contributed by atoms with Crippen LogP contribution < -0.4 is 4.90 Å². The van der Waals surface area contributed by atoms with Crippen LogP contribution in [0.5, 0.6) is 0 Å². The van der Waals surface area contributed by atoms with Crippen molar-refractivity contribution in [2.24, 2.45) is 5.92 Å². The molecule has 6 nitrogen and oxygen atoms in total. The lowest BCUT2D eigenvalue weighted by atomic mass is 10.0. The Morgan fingerprint density at radius 3 is 2.96 bits per heavy atom. The van der Waals surface area contributed by atoms with E-state index in [2.05, 4.69) is 15.0 Å². The van der Waals surface area contributed by atoms with Crippen molar-refractivity contribution >= 4 is 34.7 Å². The fourth-order valence-corrected chi connectivity index (χ4v) is 3.12. The minimum atomic E-state index is -0.744. The summed E-state index contributed by atoms with van der Waals surface area (Å²) < 4.78 is 15.3. The van der Waals surface area contributed by atoms with E-state index in [9.17, 15) is 9.90 Å². The number of aliphatic hydroxyl groups excluding tert-OH is 1. The van der Waals surface area contributed by atoms with Crippen molar-refractivity contribution in [2.45, 2.75) is 0 Å². The van der Waals surface area contributed by atoms with Gasteiger partial charge in [0.2, 0.25) is 0 Å². The summed E-state index contributed by atoms with van der Waals surface area (Å²) in [6.45, 7) is 0. The standard InChI is InChI=1S/C18H12ClFN4O2/c19-13-7-23-17-12(2-4-21-17)15(13)11-1-5-22-18(16(11)20)24-6-3-10(9-25)14(26)8-24/h1-10,26H,(H,21,23). The SMILES string of the molecule is O=CC1C=CN(c2nccc(-c3c(Cl)cnc4[nH]ccc34)c2F)C=C1O. The van der Waals surface area contributed by atoms with Crippen LogP contribution in [0.15, 0.2) is 55.0 Å². The summed E-state index contributed by atoms with van der Waals surface area (Å²) in [5, 5.41) is 10.9. The molecule has 3 aromatic rings. The normalized spacial score (nSPS) is 16.8. The lowest BCUT2D eigenvalue weighted by Gasteiger charge is -2.22. The van der Waals surface area contributed by atoms with Crippen LogP contribution in [-0.2, 0) is 4.79 Å². The summed E-state index contributed by atoms with van der Waals surface area (Å²) in [5.74, 6) is -1.57. The average molecular weight is 371 g/mol. The lowest BCUT2D eigenvalue weighted by molar-refractivity contribution is -0.109. The van der Waals surface area contributed by atoms with Crippen LogP contribution in [0.1, 0.15) is 0 Å². The van der Waals surface area contributed by atoms with Crippen molar-refractivity contribution in [1.82, 2.24) is 15.0 Å². The Hall–Kier alpha value is -3.19. The number of aromatic nitrogens is 3. The third-order valence-electron chi connectivity index (χ3n) is 4.14. The van der Waals surface area contributed by atoms with Gasteiger partial charge >= 0.3 is 0 Å². The van der Waals surface area contributed by atoms with E-state index in [4.69, 9.17) is 11.6 Å². The van der Waals surface area contributed by atoms with E-state index in [-0.39, 0.29) is 17.1 Å². The monoisotopic (exact) mass is 370 g/mol. The maximum Gasteiger partial charge on any atom is 0.174 e. The molecule has 0 aromatic carbocycles. The van der Waals surface area contributed by atoms with Crippen LogP contribution in [0.4, 0.5) is 10.2 Å². The van der Waals surface area contributed by atoms with E-state index in [1.165, 1.54) is 41.8 Å². The number of aliphatic hydroxyl groups is 1. The third kappa shape index (κ3) is 2.53. The molecular weight excluding hydrogens is 359 g/mol. The first-order chi connectivity index (χ1) is 12.6. The number of aromatic amines is 1. The number of hydrogen-bond donors (Lipinski definition) is 2. The van der Waals surface area contributed by atoms with Crippen molar-refractivity contribution in [1.29, 1.82) is 0 Å². The van der Waals surface area contributed by atoms with Crippen molar-refractivity contribution in [3.63, 3.8) is 0 Å². The molecule has 0 bridgehead atoms. The van der Waals surface area contributed by atoms with E-state index in [0.29, 0.717) is 27.9 Å². The van der Waals surface area contributed by atoms with Gasteiger partial charge in [-0.25, -0.2) is 14.4 Å². The van der Waals surface area contributed by atoms with E-state index < -0.39 is 11.7 Å². The van der Waals surface area contributed by atoms with Gasteiger partial charge in [0.15, 0.2) is 11.6 Å². The highest BCUT2D eigenvalue weighted by molar-refractivity contribution is 6.34. The molecule has 3 aromatic heterocycles. The van der Waals surface area contributed by atoms with Gasteiger partial charge in [-0.05, 0) is 12.1 Å². The second-order valence-corrected chi connectivity index (χ2v) is 6.09. The first kappa shape index (κ1) is 16.3. The summed E-state index contributed by atoms with van der Waals surface area (Å²) in [7, 11) is 0. The van der Waals surface area contributed by atoms with Gasteiger partial charge in [0, 0.05) is 47.5 Å². The summed E-state index contributed by atoms with van der Waals surface area (Å²) in [5.41, 5.74) is 1.34. The van der Waals surface area contributed by atoms with Crippen LogP contribution in [-0.4, -0.2) is 26.3 Å². The predicted molar refractivity (Wildman–Crippen MR) is 96.2 cm³/mol. The van der Waals surface area contributed by atoms with Crippen LogP contribution in [0.2, 0.25) is 5.02 Å². The second kappa shape index (κ2) is 6.27. The Morgan fingerprint density at radius 1 is 1.35 bits per heavy atom. The highest BCUT2D eigenvalue weighted by Gasteiger charge is 2.22. The summed E-state index contributed by atoms with van der Waals surface area (Å²) in [4.78, 5) is 23.4. The number of nitrogens with one attached hydrogen (secondary N) is 1. The first-order valence-corrected chi connectivity index (χ1v) is 8.07. The second-order valence-electron chi connectivity index (χ2n) is 5.68. The molecule has 0 spiro atoms. The number of rotatable bonds is 3. The van der Waals surface area contributed by atoms with Gasteiger partial charge in [-0.3, -0.25) is 0 Å². The minimum absolute atomic E-state index is 0.0220. The Balaban J connectivity index is 1.86. The first-order valence-electron chi connectivity index (χ1n) is 7.69. The van der Waals surface area contributed by atoms with Gasteiger partial charge < -0.3 is 19.8 Å². The molecule has 26 heavy (non-hydrogen) atoms. The summed E-state index contributed by atoms with van der Waals surface area (Å²) in [6, 6.07) is 3.29. The smallest absolute Gasteiger partial charge is 0.174 e. The topological polar surface area (TPSA) is 82.1 Å². The quantitative estimate of drug-likeness (QED) is 0.682. The van der Waals surface area contributed by atoms with Crippen LogP contribution >= 0.6 is 11.6 Å². The number of pyridine rings is 2. The van der Waals surface area contributed by atoms with Gasteiger partial charge in [0.25, 0.3) is 0 Å². The summed E-state index contributed by atoms with van der Waals surface area (Å²) in [6.07, 6.45) is 9.40. The number of halogens is 2. The molecule has 1 unspecified atom stereocenters. The molecule has 0 saturated heterocycles. The number of aldehydes is 1. The van der Waals surface area contributed by atoms with Crippen molar-refractivity contribution in [2.75, 3.05) is 4.90 Å². The Kier molecular flexibility index (Phi) is 3.93. The largest absolute Gasteiger partial charge is 0.510 e. The van der Waals surface area contributed by atoms with Gasteiger partial charge in [-0.1, -0.05) is 17.7 Å². The van der Waals surface area contributed by atoms with Gasteiger partial charge in [0.05, 0.1) is 10.9 Å². The molecule has 0 aliphatic carbocycles. The zero-order chi connectivity index (χ0) is 18.3. The van der Waals surface area contributed by atoms with E-state index in [1.807, 2.05) is 0 Å². The zero-order valence-electron chi connectivity index (χ0n) is 13.2. The molecule has 1 aliphatic rings. The molecule has 1 aliphatic heterocycles. The maximum absolute atomic E-state index is 15.3. The molecular formula is C18H12ClFN4O2. The van der Waals surface area contributed by atoms with E-state index in [1.54, 1.807) is 12.3 Å². The van der Waals surface area contributed by atoms with Gasteiger partial charge in [-0.15, -0.1) is 0 Å². The van der Waals surface area contributed by atoms with Crippen molar-refractivity contribution in [3.05, 3.63) is 65.8 Å². The third-order valence-corrected chi connectivity index (χ3v) is 4.43. The molecule has 130 valence electrons. The molecule has 4 heterocycles.